The summed E-state index contributed by atoms with van der Waals surface area (Å²) in [7, 11) is 0. The van der Waals surface area contributed by atoms with Gasteiger partial charge in [0.2, 0.25) is 13.6 Å². The Balaban J connectivity index is 1.33. The minimum atomic E-state index is 0.00749. The number of rotatable bonds is 3. The van der Waals surface area contributed by atoms with Crippen LogP contribution < -0.4 is 18.9 Å². The highest BCUT2D eigenvalue weighted by atomic mass is 16.7. The van der Waals surface area contributed by atoms with Crippen molar-refractivity contribution in [2.24, 2.45) is 0 Å². The number of nitrogens with zero attached hydrogens (tertiary/aromatic N) is 1. The van der Waals surface area contributed by atoms with Gasteiger partial charge < -0.3 is 23.8 Å². The quantitative estimate of drug-likeness (QED) is 0.867. The number of amides is 1. The summed E-state index contributed by atoms with van der Waals surface area (Å²) in [6.45, 7) is 1.69. The molecule has 0 aromatic heterocycles. The van der Waals surface area contributed by atoms with Crippen molar-refractivity contribution < 1.29 is 23.7 Å². The molecule has 0 aliphatic carbocycles. The fourth-order valence-electron chi connectivity index (χ4n) is 3.36. The smallest absolute Gasteiger partial charge is 0.258 e. The fraction of sp³-hybridized carbons (Fsp3) is 0.278. The van der Waals surface area contributed by atoms with Gasteiger partial charge in [-0.1, -0.05) is 12.1 Å². The first-order chi connectivity index (χ1) is 11.8. The average molecular weight is 325 g/mol. The molecule has 0 fully saturated rings. The third-order valence-corrected chi connectivity index (χ3v) is 4.60. The zero-order valence-electron chi connectivity index (χ0n) is 12.9. The SMILES string of the molecule is O=C1c2c(ccc3c2OCO3)CN1CCc1ccc2c(c1)OCO2. The lowest BCUT2D eigenvalue weighted by Crippen LogP contribution is -2.26. The van der Waals surface area contributed by atoms with Crippen LogP contribution in [0.15, 0.2) is 30.3 Å². The predicted octanol–water partition coefficient (Wildman–Crippen LogP) is 2.34. The Kier molecular flexibility index (Phi) is 2.85. The summed E-state index contributed by atoms with van der Waals surface area (Å²) in [5.74, 6) is 2.79. The molecule has 6 nitrogen and oxygen atoms in total. The van der Waals surface area contributed by atoms with Crippen LogP contribution in [0.3, 0.4) is 0 Å². The van der Waals surface area contributed by atoms with Crippen molar-refractivity contribution >= 4 is 5.91 Å². The number of ether oxygens (including phenoxy) is 4. The molecule has 0 bridgehead atoms. The maximum atomic E-state index is 12.7. The molecule has 0 unspecified atom stereocenters. The minimum Gasteiger partial charge on any atom is -0.454 e. The molecule has 0 saturated heterocycles. The lowest BCUT2D eigenvalue weighted by atomic mass is 10.1. The van der Waals surface area contributed by atoms with E-state index in [-0.39, 0.29) is 19.5 Å². The van der Waals surface area contributed by atoms with Crippen molar-refractivity contribution in [3.63, 3.8) is 0 Å². The van der Waals surface area contributed by atoms with Gasteiger partial charge in [0.15, 0.2) is 23.0 Å². The molecule has 2 aromatic rings. The lowest BCUT2D eigenvalue weighted by molar-refractivity contribution is 0.0776. The minimum absolute atomic E-state index is 0.00749. The predicted molar refractivity (Wildman–Crippen MR) is 83.6 cm³/mol. The van der Waals surface area contributed by atoms with E-state index in [9.17, 15) is 4.79 Å². The maximum absolute atomic E-state index is 12.7. The number of hydrogen-bond donors (Lipinski definition) is 0. The van der Waals surface area contributed by atoms with Gasteiger partial charge >= 0.3 is 0 Å². The second-order valence-corrected chi connectivity index (χ2v) is 6.00. The molecule has 0 atom stereocenters. The van der Waals surface area contributed by atoms with Gasteiger partial charge in [0, 0.05) is 13.1 Å². The van der Waals surface area contributed by atoms with Crippen LogP contribution in [0.5, 0.6) is 23.0 Å². The molecule has 0 saturated carbocycles. The van der Waals surface area contributed by atoms with Gasteiger partial charge in [-0.15, -0.1) is 0 Å². The molecule has 1 amide bonds. The van der Waals surface area contributed by atoms with Crippen molar-refractivity contribution in [2.75, 3.05) is 20.1 Å². The fourth-order valence-corrected chi connectivity index (χ4v) is 3.36. The Morgan fingerprint density at radius 3 is 2.67 bits per heavy atom. The first-order valence-corrected chi connectivity index (χ1v) is 7.89. The maximum Gasteiger partial charge on any atom is 0.258 e. The van der Waals surface area contributed by atoms with Crippen LogP contribution in [-0.4, -0.2) is 30.9 Å². The monoisotopic (exact) mass is 325 g/mol. The number of carbonyl (C=O) groups excluding carboxylic acids is 1. The van der Waals surface area contributed by atoms with Gasteiger partial charge in [0.1, 0.15) is 0 Å². The van der Waals surface area contributed by atoms with Gasteiger partial charge in [-0.25, -0.2) is 0 Å². The molecule has 24 heavy (non-hydrogen) atoms. The Bertz CT molecular complexity index is 848. The third kappa shape index (κ3) is 1.99. The molecule has 0 N–H and O–H groups in total. The van der Waals surface area contributed by atoms with Crippen molar-refractivity contribution in [3.8, 4) is 23.0 Å². The highest BCUT2D eigenvalue weighted by molar-refractivity contribution is 6.02. The van der Waals surface area contributed by atoms with Gasteiger partial charge in [0.05, 0.1) is 5.56 Å². The van der Waals surface area contributed by atoms with E-state index in [1.54, 1.807) is 0 Å². The van der Waals surface area contributed by atoms with Crippen molar-refractivity contribution in [3.05, 3.63) is 47.0 Å². The Morgan fingerprint density at radius 1 is 0.917 bits per heavy atom. The second kappa shape index (κ2) is 5.06. The van der Waals surface area contributed by atoms with Gasteiger partial charge in [-0.3, -0.25) is 4.79 Å². The third-order valence-electron chi connectivity index (χ3n) is 4.60. The van der Waals surface area contributed by atoms with E-state index in [0.717, 1.165) is 29.0 Å². The van der Waals surface area contributed by atoms with Crippen molar-refractivity contribution in [1.29, 1.82) is 0 Å². The van der Waals surface area contributed by atoms with E-state index in [0.29, 0.717) is 30.2 Å². The van der Waals surface area contributed by atoms with Crippen molar-refractivity contribution in [2.45, 2.75) is 13.0 Å². The van der Waals surface area contributed by atoms with Crippen LogP contribution in [0, 0.1) is 0 Å². The molecule has 3 aliphatic rings. The summed E-state index contributed by atoms with van der Waals surface area (Å²) in [6.07, 6.45) is 0.760. The summed E-state index contributed by atoms with van der Waals surface area (Å²) < 4.78 is 21.6. The lowest BCUT2D eigenvalue weighted by Gasteiger charge is -2.15. The highest BCUT2D eigenvalue weighted by Crippen LogP contribution is 2.41. The normalized spacial score (nSPS) is 16.7. The van der Waals surface area contributed by atoms with Gasteiger partial charge in [-0.05, 0) is 35.7 Å². The number of carbonyl (C=O) groups is 1. The molecule has 3 heterocycles. The molecule has 5 rings (SSSR count). The Hall–Kier alpha value is -2.89. The molecule has 3 aliphatic heterocycles. The molecule has 6 heteroatoms. The van der Waals surface area contributed by atoms with Crippen LogP contribution >= 0.6 is 0 Å². The van der Waals surface area contributed by atoms with E-state index in [4.69, 9.17) is 18.9 Å². The molecule has 2 aromatic carbocycles. The topological polar surface area (TPSA) is 57.2 Å². The van der Waals surface area contributed by atoms with Gasteiger partial charge in [-0.2, -0.15) is 0 Å². The van der Waals surface area contributed by atoms with E-state index < -0.39 is 0 Å². The van der Waals surface area contributed by atoms with E-state index >= 15 is 0 Å². The van der Waals surface area contributed by atoms with Crippen LogP contribution in [0.2, 0.25) is 0 Å². The standard InChI is InChI=1S/C18H15NO5/c20-18-16-12(2-4-14-17(16)24-10-22-14)8-19(18)6-5-11-1-3-13-15(7-11)23-9-21-13/h1-4,7H,5-6,8-10H2. The average Bonchev–Trinajstić information content (AvgIpc) is 3.30. The van der Waals surface area contributed by atoms with E-state index in [1.165, 1.54) is 0 Å². The van der Waals surface area contributed by atoms with E-state index in [2.05, 4.69) is 0 Å². The van der Waals surface area contributed by atoms with Crippen molar-refractivity contribution in [1.82, 2.24) is 4.90 Å². The zero-order valence-corrected chi connectivity index (χ0v) is 12.9. The first kappa shape index (κ1) is 13.5. The molecular weight excluding hydrogens is 310 g/mol. The van der Waals surface area contributed by atoms with Crippen LogP contribution in [0.25, 0.3) is 0 Å². The van der Waals surface area contributed by atoms with Crippen LogP contribution in [0.1, 0.15) is 21.5 Å². The summed E-state index contributed by atoms with van der Waals surface area (Å²) in [5.41, 5.74) is 2.76. The van der Waals surface area contributed by atoms with Gasteiger partial charge in [0.25, 0.3) is 5.91 Å². The summed E-state index contributed by atoms with van der Waals surface area (Å²) >= 11 is 0. The Labute approximate surface area is 138 Å². The largest absolute Gasteiger partial charge is 0.454 e. The van der Waals surface area contributed by atoms with Crippen LogP contribution in [0.4, 0.5) is 0 Å². The molecule has 122 valence electrons. The highest BCUT2D eigenvalue weighted by Gasteiger charge is 2.34. The number of hydrogen-bond acceptors (Lipinski definition) is 5. The molecule has 0 radical (unpaired) electrons. The summed E-state index contributed by atoms with van der Waals surface area (Å²) in [5, 5.41) is 0. The second-order valence-electron chi connectivity index (χ2n) is 6.00. The molecule has 0 spiro atoms. The number of benzene rings is 2. The van der Waals surface area contributed by atoms with E-state index in [1.807, 2.05) is 35.2 Å². The summed E-state index contributed by atoms with van der Waals surface area (Å²) in [6, 6.07) is 9.72. The number of fused-ring (bicyclic) bond motifs is 4. The summed E-state index contributed by atoms with van der Waals surface area (Å²) in [4.78, 5) is 14.6. The Morgan fingerprint density at radius 2 is 1.71 bits per heavy atom. The first-order valence-electron chi connectivity index (χ1n) is 7.89. The molecular formula is C18H15NO5. The zero-order chi connectivity index (χ0) is 16.1. The van der Waals surface area contributed by atoms with Crippen LogP contribution in [-0.2, 0) is 13.0 Å².